The number of hydrogen-bond acceptors (Lipinski definition) is 7. The molecule has 1 saturated carbocycles. The van der Waals surface area contributed by atoms with E-state index in [-0.39, 0.29) is 18.1 Å². The molecule has 3 N–H and O–H groups in total. The second-order valence-electron chi connectivity index (χ2n) is 8.38. The zero-order chi connectivity index (χ0) is 22.6. The highest BCUT2D eigenvalue weighted by atomic mass is 16.5. The molecule has 2 aromatic carbocycles. The van der Waals surface area contributed by atoms with Crippen LogP contribution in [0.15, 0.2) is 73.3 Å². The number of nitrogens with two attached hydrogens (primary N) is 1. The standard InChI is InChI=1S/C25H27N5O3/c26-24-22-25(28-15-27-24)30(16-29-22)20-11-21(33-13-18-9-5-2-6-10-18)19(23(20)31)14-32-12-17-7-3-1-4-8-17/h1-10,15-16,19-21,23,31H,11-14H2,(H2,26,27,28)/t19-,20+,21+,23+/m1/s1. The number of nitrogens with zero attached hydrogens (tertiary/aromatic N) is 4. The highest BCUT2D eigenvalue weighted by Gasteiger charge is 2.44. The zero-order valence-electron chi connectivity index (χ0n) is 18.2. The summed E-state index contributed by atoms with van der Waals surface area (Å²) in [4.78, 5) is 12.7. The molecule has 0 spiro atoms. The van der Waals surface area contributed by atoms with Crippen molar-refractivity contribution in [2.45, 2.75) is 37.9 Å². The van der Waals surface area contributed by atoms with Crippen molar-refractivity contribution in [2.75, 3.05) is 12.3 Å². The third-order valence-corrected chi connectivity index (χ3v) is 6.26. The Hall–Kier alpha value is -3.33. The number of rotatable bonds is 8. The van der Waals surface area contributed by atoms with Gasteiger partial charge < -0.3 is 24.9 Å². The van der Waals surface area contributed by atoms with E-state index < -0.39 is 6.10 Å². The molecule has 1 aliphatic carbocycles. The minimum Gasteiger partial charge on any atom is -0.390 e. The van der Waals surface area contributed by atoms with Crippen LogP contribution in [-0.2, 0) is 22.7 Å². The van der Waals surface area contributed by atoms with Crippen LogP contribution in [-0.4, -0.2) is 43.4 Å². The van der Waals surface area contributed by atoms with Crippen LogP contribution in [0.25, 0.3) is 11.2 Å². The summed E-state index contributed by atoms with van der Waals surface area (Å²) in [5, 5.41) is 11.3. The van der Waals surface area contributed by atoms with Crippen LogP contribution in [0, 0.1) is 5.92 Å². The van der Waals surface area contributed by atoms with Gasteiger partial charge in [0.2, 0.25) is 0 Å². The summed E-state index contributed by atoms with van der Waals surface area (Å²) >= 11 is 0. The molecule has 33 heavy (non-hydrogen) atoms. The number of ether oxygens (including phenoxy) is 2. The van der Waals surface area contributed by atoms with Crippen LogP contribution >= 0.6 is 0 Å². The van der Waals surface area contributed by atoms with Gasteiger partial charge in [0.05, 0.1) is 44.4 Å². The van der Waals surface area contributed by atoms with E-state index >= 15 is 0 Å². The second kappa shape index (κ2) is 9.66. The van der Waals surface area contributed by atoms with Crippen LogP contribution in [0.4, 0.5) is 5.82 Å². The number of nitrogen functional groups attached to an aromatic ring is 1. The number of fused-ring (bicyclic) bond motifs is 1. The van der Waals surface area contributed by atoms with Crippen LogP contribution in [0.5, 0.6) is 0 Å². The van der Waals surface area contributed by atoms with Gasteiger partial charge in [-0.3, -0.25) is 0 Å². The number of hydrogen-bond donors (Lipinski definition) is 2. The van der Waals surface area contributed by atoms with Gasteiger partial charge in [-0.25, -0.2) is 15.0 Å². The summed E-state index contributed by atoms with van der Waals surface area (Å²) in [6.45, 7) is 1.34. The quantitative estimate of drug-likeness (QED) is 0.429. The minimum atomic E-state index is -0.685. The van der Waals surface area contributed by atoms with Crippen molar-refractivity contribution < 1.29 is 14.6 Å². The summed E-state index contributed by atoms with van der Waals surface area (Å²) in [6.07, 6.45) is 2.84. The summed E-state index contributed by atoms with van der Waals surface area (Å²) in [5.74, 6) is 0.130. The molecule has 0 saturated heterocycles. The average Bonchev–Trinajstić information content (AvgIpc) is 3.41. The largest absolute Gasteiger partial charge is 0.390 e. The van der Waals surface area contributed by atoms with Gasteiger partial charge in [-0.1, -0.05) is 60.7 Å². The van der Waals surface area contributed by atoms with Crippen LogP contribution in [0.1, 0.15) is 23.6 Å². The van der Waals surface area contributed by atoms with Gasteiger partial charge in [-0.2, -0.15) is 0 Å². The van der Waals surface area contributed by atoms with Crippen LogP contribution in [0.2, 0.25) is 0 Å². The first-order valence-corrected chi connectivity index (χ1v) is 11.1. The Balaban J connectivity index is 1.35. The van der Waals surface area contributed by atoms with Gasteiger partial charge >= 0.3 is 0 Å². The predicted molar refractivity (Wildman–Crippen MR) is 124 cm³/mol. The van der Waals surface area contributed by atoms with Crippen molar-refractivity contribution >= 4 is 17.0 Å². The molecule has 8 heteroatoms. The van der Waals surface area contributed by atoms with Gasteiger partial charge in [-0.05, 0) is 17.5 Å². The molecule has 1 aliphatic rings. The molecule has 1 fully saturated rings. The first kappa shape index (κ1) is 21.5. The van der Waals surface area contributed by atoms with E-state index in [0.717, 1.165) is 11.1 Å². The van der Waals surface area contributed by atoms with Crippen molar-refractivity contribution in [3.05, 3.63) is 84.4 Å². The van der Waals surface area contributed by atoms with Crippen molar-refractivity contribution in [2.24, 2.45) is 5.92 Å². The summed E-state index contributed by atoms with van der Waals surface area (Å²) in [7, 11) is 0. The third kappa shape index (κ3) is 4.59. The highest BCUT2D eigenvalue weighted by molar-refractivity contribution is 5.81. The molecular formula is C25H27N5O3. The van der Waals surface area contributed by atoms with E-state index in [2.05, 4.69) is 15.0 Å². The predicted octanol–water partition coefficient (Wildman–Crippen LogP) is 3.13. The highest BCUT2D eigenvalue weighted by Crippen LogP contribution is 2.39. The van der Waals surface area contributed by atoms with Crippen LogP contribution in [0.3, 0.4) is 0 Å². The lowest BCUT2D eigenvalue weighted by atomic mass is 10.0. The van der Waals surface area contributed by atoms with E-state index in [1.54, 1.807) is 6.33 Å². The molecule has 0 radical (unpaired) electrons. The smallest absolute Gasteiger partial charge is 0.165 e. The maximum atomic E-state index is 11.3. The van der Waals surface area contributed by atoms with Crippen LogP contribution < -0.4 is 5.73 Å². The first-order chi connectivity index (χ1) is 16.2. The molecule has 5 rings (SSSR count). The molecule has 4 atom stereocenters. The minimum absolute atomic E-state index is 0.183. The third-order valence-electron chi connectivity index (χ3n) is 6.26. The summed E-state index contributed by atoms with van der Waals surface area (Å²) < 4.78 is 14.2. The molecule has 0 amide bonds. The topological polar surface area (TPSA) is 108 Å². The number of imidazole rings is 1. The molecule has 8 nitrogen and oxygen atoms in total. The van der Waals surface area contributed by atoms with E-state index in [0.29, 0.717) is 43.2 Å². The van der Waals surface area contributed by atoms with E-state index in [9.17, 15) is 5.11 Å². The fourth-order valence-corrected chi connectivity index (χ4v) is 4.51. The number of aliphatic hydroxyl groups is 1. The molecule has 0 bridgehead atoms. The number of aromatic nitrogens is 4. The number of aliphatic hydroxyl groups excluding tert-OH is 1. The molecule has 4 aromatic rings. The Morgan fingerprint density at radius 3 is 2.36 bits per heavy atom. The normalized spacial score (nSPS) is 22.7. The number of benzene rings is 2. The lowest BCUT2D eigenvalue weighted by molar-refractivity contribution is -0.0475. The first-order valence-electron chi connectivity index (χ1n) is 11.1. The Bertz CT molecular complexity index is 1180. The summed E-state index contributed by atoms with van der Waals surface area (Å²) in [6, 6.07) is 19.8. The Labute approximate surface area is 192 Å². The van der Waals surface area contributed by atoms with Gasteiger partial charge in [0.1, 0.15) is 11.8 Å². The maximum Gasteiger partial charge on any atom is 0.165 e. The SMILES string of the molecule is Nc1ncnc2c1ncn2[C@H]1C[C@H](OCc2ccccc2)[C@@H](COCc2ccccc2)[C@@H]1O. The van der Waals surface area contributed by atoms with Gasteiger partial charge in [0.25, 0.3) is 0 Å². The molecule has 0 unspecified atom stereocenters. The summed E-state index contributed by atoms with van der Waals surface area (Å²) in [5.41, 5.74) is 9.29. The van der Waals surface area contributed by atoms with E-state index in [4.69, 9.17) is 15.2 Å². The van der Waals surface area contributed by atoms with E-state index in [1.165, 1.54) is 6.33 Å². The number of anilines is 1. The lowest BCUT2D eigenvalue weighted by Crippen LogP contribution is -2.31. The van der Waals surface area contributed by atoms with E-state index in [1.807, 2.05) is 65.2 Å². The Morgan fingerprint density at radius 1 is 0.939 bits per heavy atom. The molecular weight excluding hydrogens is 418 g/mol. The maximum absolute atomic E-state index is 11.3. The Morgan fingerprint density at radius 2 is 1.64 bits per heavy atom. The van der Waals surface area contributed by atoms with Gasteiger partial charge in [0.15, 0.2) is 11.5 Å². The van der Waals surface area contributed by atoms with Crippen molar-refractivity contribution in [3.8, 4) is 0 Å². The molecule has 2 aromatic heterocycles. The monoisotopic (exact) mass is 445 g/mol. The zero-order valence-corrected chi connectivity index (χ0v) is 18.2. The van der Waals surface area contributed by atoms with Crippen molar-refractivity contribution in [3.63, 3.8) is 0 Å². The van der Waals surface area contributed by atoms with Gasteiger partial charge in [0, 0.05) is 5.92 Å². The molecule has 0 aliphatic heterocycles. The van der Waals surface area contributed by atoms with Gasteiger partial charge in [-0.15, -0.1) is 0 Å². The average molecular weight is 446 g/mol. The second-order valence-corrected chi connectivity index (χ2v) is 8.38. The van der Waals surface area contributed by atoms with Crippen molar-refractivity contribution in [1.82, 2.24) is 19.5 Å². The Kier molecular flexibility index (Phi) is 6.30. The molecule has 2 heterocycles. The lowest BCUT2D eigenvalue weighted by Gasteiger charge is -2.23. The fourth-order valence-electron chi connectivity index (χ4n) is 4.51. The van der Waals surface area contributed by atoms with Crippen molar-refractivity contribution in [1.29, 1.82) is 0 Å². The molecule has 170 valence electrons. The fraction of sp³-hybridized carbons (Fsp3) is 0.320.